The number of nitrogen functional groups attached to an aromatic ring is 1. The Morgan fingerprint density at radius 3 is 2.75 bits per heavy atom. The summed E-state index contributed by atoms with van der Waals surface area (Å²) in [6, 6.07) is 3.63. The number of aromatic nitrogens is 2. The molecule has 2 N–H and O–H groups in total. The Bertz CT molecular complexity index is 353. The van der Waals surface area contributed by atoms with Crippen molar-refractivity contribution in [3.05, 3.63) is 17.9 Å². The van der Waals surface area contributed by atoms with E-state index in [1.807, 2.05) is 13.0 Å². The highest BCUT2D eigenvalue weighted by Gasteiger charge is 2.08. The van der Waals surface area contributed by atoms with Gasteiger partial charge < -0.3 is 14.7 Å². The predicted octanol–water partition coefficient (Wildman–Crippen LogP) is 1.22. The number of nitrogens with zero attached hydrogens (tertiary/aromatic N) is 2. The van der Waals surface area contributed by atoms with Crippen LogP contribution >= 0.6 is 0 Å². The van der Waals surface area contributed by atoms with Gasteiger partial charge in [0.25, 0.3) is 0 Å². The number of anilines is 1. The lowest BCUT2D eigenvalue weighted by Gasteiger charge is -1.83. The van der Waals surface area contributed by atoms with Gasteiger partial charge in [0.15, 0.2) is 5.76 Å². The summed E-state index contributed by atoms with van der Waals surface area (Å²) in [7, 11) is 0. The minimum absolute atomic E-state index is 0.0408. The number of furan rings is 1. The maximum atomic E-state index is 5.24. The van der Waals surface area contributed by atoms with E-state index in [4.69, 9.17) is 10.2 Å². The maximum absolute atomic E-state index is 5.24. The van der Waals surface area contributed by atoms with Gasteiger partial charge in [-0.3, -0.25) is 0 Å². The largest absolute Gasteiger partial charge is 0.458 e. The molecule has 5 heteroatoms. The summed E-state index contributed by atoms with van der Waals surface area (Å²) < 4.78 is 9.83. The van der Waals surface area contributed by atoms with Crippen LogP contribution in [0.25, 0.3) is 11.6 Å². The van der Waals surface area contributed by atoms with E-state index in [0.29, 0.717) is 11.6 Å². The van der Waals surface area contributed by atoms with Gasteiger partial charge in [-0.2, -0.15) is 4.98 Å². The summed E-state index contributed by atoms with van der Waals surface area (Å²) in [5.41, 5.74) is 5.24. The van der Waals surface area contributed by atoms with E-state index >= 15 is 0 Å². The van der Waals surface area contributed by atoms with Crippen molar-refractivity contribution in [2.45, 2.75) is 6.92 Å². The molecule has 0 saturated heterocycles. The molecule has 0 spiro atoms. The van der Waals surface area contributed by atoms with E-state index in [9.17, 15) is 0 Å². The first-order valence-electron chi connectivity index (χ1n) is 3.42. The fraction of sp³-hybridized carbons (Fsp3) is 0.143. The highest BCUT2D eigenvalue weighted by Crippen LogP contribution is 2.18. The molecular weight excluding hydrogens is 158 g/mol. The van der Waals surface area contributed by atoms with Crippen molar-refractivity contribution in [2.24, 2.45) is 0 Å². The van der Waals surface area contributed by atoms with Gasteiger partial charge in [-0.25, -0.2) is 0 Å². The van der Waals surface area contributed by atoms with Crippen molar-refractivity contribution in [1.29, 1.82) is 0 Å². The molecule has 0 amide bonds. The summed E-state index contributed by atoms with van der Waals surface area (Å²) in [6.45, 7) is 1.84. The van der Waals surface area contributed by atoms with Gasteiger partial charge >= 0.3 is 6.01 Å². The second kappa shape index (κ2) is 2.37. The Balaban J connectivity index is 2.43. The van der Waals surface area contributed by atoms with Crippen molar-refractivity contribution in [1.82, 2.24) is 10.1 Å². The molecule has 0 saturated carbocycles. The molecule has 2 aromatic heterocycles. The monoisotopic (exact) mass is 165 g/mol. The van der Waals surface area contributed by atoms with Crippen molar-refractivity contribution in [3.63, 3.8) is 0 Å². The van der Waals surface area contributed by atoms with Crippen LogP contribution < -0.4 is 5.73 Å². The van der Waals surface area contributed by atoms with Crippen LogP contribution in [0.1, 0.15) is 5.76 Å². The highest BCUT2D eigenvalue weighted by atomic mass is 16.5. The third-order valence-electron chi connectivity index (χ3n) is 1.40. The van der Waals surface area contributed by atoms with E-state index in [0.717, 1.165) is 5.76 Å². The summed E-state index contributed by atoms with van der Waals surface area (Å²) in [5.74, 6) is 1.74. The smallest absolute Gasteiger partial charge is 0.319 e. The Morgan fingerprint density at radius 1 is 1.42 bits per heavy atom. The van der Waals surface area contributed by atoms with Gasteiger partial charge in [-0.15, -0.1) is 0 Å². The molecule has 12 heavy (non-hydrogen) atoms. The molecular formula is C7H7N3O2. The van der Waals surface area contributed by atoms with Gasteiger partial charge in [0.2, 0.25) is 5.82 Å². The summed E-state index contributed by atoms with van der Waals surface area (Å²) in [4.78, 5) is 3.80. The zero-order valence-corrected chi connectivity index (χ0v) is 6.44. The molecule has 0 bridgehead atoms. The van der Waals surface area contributed by atoms with Gasteiger partial charge in [0.1, 0.15) is 5.76 Å². The molecule has 0 aliphatic carbocycles. The third-order valence-corrected chi connectivity index (χ3v) is 1.40. The van der Waals surface area contributed by atoms with Crippen LogP contribution in [0.3, 0.4) is 0 Å². The lowest BCUT2D eigenvalue weighted by atomic mass is 10.4. The van der Waals surface area contributed by atoms with Gasteiger partial charge in [-0.1, -0.05) is 5.16 Å². The Morgan fingerprint density at radius 2 is 2.25 bits per heavy atom. The first-order valence-corrected chi connectivity index (χ1v) is 3.42. The first-order chi connectivity index (χ1) is 5.75. The summed E-state index contributed by atoms with van der Waals surface area (Å²) in [6.07, 6.45) is 0. The van der Waals surface area contributed by atoms with E-state index < -0.39 is 0 Å². The molecule has 0 atom stereocenters. The number of rotatable bonds is 1. The lowest BCUT2D eigenvalue weighted by molar-refractivity contribution is 0.433. The molecule has 0 radical (unpaired) electrons. The molecule has 2 heterocycles. The second-order valence-electron chi connectivity index (χ2n) is 2.37. The lowest BCUT2D eigenvalue weighted by Crippen LogP contribution is -1.82. The topological polar surface area (TPSA) is 78.1 Å². The average Bonchev–Trinajstić information content (AvgIpc) is 2.58. The average molecular weight is 165 g/mol. The number of hydrogen-bond donors (Lipinski definition) is 1. The zero-order chi connectivity index (χ0) is 8.55. The number of hydrogen-bond acceptors (Lipinski definition) is 5. The van der Waals surface area contributed by atoms with Gasteiger partial charge in [0, 0.05) is 0 Å². The first kappa shape index (κ1) is 6.90. The fourth-order valence-corrected chi connectivity index (χ4v) is 0.890. The van der Waals surface area contributed by atoms with Gasteiger partial charge in [0.05, 0.1) is 0 Å². The molecule has 0 aliphatic rings. The minimum Gasteiger partial charge on any atom is -0.458 e. The van der Waals surface area contributed by atoms with Crippen LogP contribution in [0.2, 0.25) is 0 Å². The SMILES string of the molecule is Cc1ccc(-c2noc(N)n2)o1. The highest BCUT2D eigenvalue weighted by molar-refractivity contribution is 5.47. The van der Waals surface area contributed by atoms with Crippen LogP contribution in [0.15, 0.2) is 21.1 Å². The Hall–Kier alpha value is -1.78. The Kier molecular flexibility index (Phi) is 1.36. The van der Waals surface area contributed by atoms with E-state index in [-0.39, 0.29) is 6.01 Å². The number of aryl methyl sites for hydroxylation is 1. The molecule has 0 fully saturated rings. The molecule has 0 aliphatic heterocycles. The van der Waals surface area contributed by atoms with Crippen LogP contribution in [-0.2, 0) is 0 Å². The van der Waals surface area contributed by atoms with E-state index in [1.165, 1.54) is 0 Å². The van der Waals surface area contributed by atoms with Crippen molar-refractivity contribution < 1.29 is 8.94 Å². The van der Waals surface area contributed by atoms with Crippen LogP contribution in [-0.4, -0.2) is 10.1 Å². The number of nitrogens with two attached hydrogens (primary N) is 1. The van der Waals surface area contributed by atoms with E-state index in [2.05, 4.69) is 14.7 Å². The van der Waals surface area contributed by atoms with Crippen LogP contribution in [0.5, 0.6) is 0 Å². The molecule has 2 rings (SSSR count). The Labute approximate surface area is 68.2 Å². The van der Waals surface area contributed by atoms with Crippen LogP contribution in [0.4, 0.5) is 6.01 Å². The molecule has 0 aromatic carbocycles. The van der Waals surface area contributed by atoms with E-state index in [1.54, 1.807) is 6.07 Å². The summed E-state index contributed by atoms with van der Waals surface area (Å²) in [5, 5.41) is 3.59. The second-order valence-corrected chi connectivity index (χ2v) is 2.37. The molecule has 62 valence electrons. The van der Waals surface area contributed by atoms with Crippen molar-refractivity contribution in [3.8, 4) is 11.6 Å². The minimum atomic E-state index is 0.0408. The quantitative estimate of drug-likeness (QED) is 0.687. The molecule has 5 nitrogen and oxygen atoms in total. The molecule has 0 unspecified atom stereocenters. The predicted molar refractivity (Wildman–Crippen MR) is 41.1 cm³/mol. The van der Waals surface area contributed by atoms with Crippen molar-refractivity contribution in [2.75, 3.05) is 5.73 Å². The van der Waals surface area contributed by atoms with Gasteiger partial charge in [-0.05, 0) is 19.1 Å². The normalized spacial score (nSPS) is 10.4. The summed E-state index contributed by atoms with van der Waals surface area (Å²) >= 11 is 0. The molecule has 2 aromatic rings. The van der Waals surface area contributed by atoms with Crippen LogP contribution in [0, 0.1) is 6.92 Å². The standard InChI is InChI=1S/C7H7N3O2/c1-4-2-3-5(11-4)6-9-7(8)12-10-6/h2-3H,1H3,(H2,8,9,10). The van der Waals surface area contributed by atoms with Crippen molar-refractivity contribution >= 4 is 6.01 Å². The third kappa shape index (κ3) is 1.05. The fourth-order valence-electron chi connectivity index (χ4n) is 0.890. The maximum Gasteiger partial charge on any atom is 0.319 e. The zero-order valence-electron chi connectivity index (χ0n) is 6.44.